The maximum Gasteiger partial charge on any atom is 0.161 e. The largest absolute Gasteiger partial charge is 0.493 e. The molecule has 0 aliphatic rings. The van der Waals surface area contributed by atoms with E-state index in [2.05, 4.69) is 5.32 Å². The molecule has 0 saturated carbocycles. The van der Waals surface area contributed by atoms with Crippen LogP contribution in [0.5, 0.6) is 11.5 Å². The van der Waals surface area contributed by atoms with Crippen molar-refractivity contribution in [1.82, 2.24) is 0 Å². The van der Waals surface area contributed by atoms with Crippen molar-refractivity contribution in [2.75, 3.05) is 19.0 Å². The van der Waals surface area contributed by atoms with Crippen LogP contribution in [0.4, 0.5) is 5.69 Å². The minimum atomic E-state index is -0.0589. The molecule has 0 aliphatic carbocycles. The Bertz CT molecular complexity index is 605. The molecule has 2 aromatic rings. The van der Waals surface area contributed by atoms with Gasteiger partial charge in [-0.3, -0.25) is 0 Å². The van der Waals surface area contributed by atoms with Crippen LogP contribution in [-0.2, 0) is 0 Å². The lowest BCUT2D eigenvalue weighted by Gasteiger charge is -2.18. The van der Waals surface area contributed by atoms with Crippen LogP contribution in [-0.4, -0.2) is 19.8 Å². The fourth-order valence-electron chi connectivity index (χ4n) is 1.86. The summed E-state index contributed by atoms with van der Waals surface area (Å²) in [6.45, 7) is 2.57. The summed E-state index contributed by atoms with van der Waals surface area (Å²) in [6, 6.07) is 12.9. The average molecular weight is 326 g/mol. The molecular formula is C16H17Cl2NO2. The molecule has 1 atom stereocenters. The van der Waals surface area contributed by atoms with Crippen LogP contribution in [0.2, 0.25) is 10.0 Å². The van der Waals surface area contributed by atoms with Crippen LogP contribution in [0, 0.1) is 0 Å². The van der Waals surface area contributed by atoms with Gasteiger partial charge in [0.2, 0.25) is 0 Å². The van der Waals surface area contributed by atoms with Crippen molar-refractivity contribution in [3.63, 3.8) is 0 Å². The third-order valence-corrected chi connectivity index (χ3v) is 3.47. The van der Waals surface area contributed by atoms with Crippen LogP contribution >= 0.6 is 23.2 Å². The predicted octanol–water partition coefficient (Wildman–Crippen LogP) is 4.88. The molecule has 5 heteroatoms. The molecule has 0 spiro atoms. The number of anilines is 1. The van der Waals surface area contributed by atoms with Gasteiger partial charge in [-0.25, -0.2) is 0 Å². The van der Waals surface area contributed by atoms with E-state index in [9.17, 15) is 0 Å². The lowest BCUT2D eigenvalue weighted by Crippen LogP contribution is -2.23. The van der Waals surface area contributed by atoms with E-state index in [0.29, 0.717) is 28.1 Å². The predicted molar refractivity (Wildman–Crippen MR) is 88.0 cm³/mol. The number of rotatable bonds is 6. The highest BCUT2D eigenvalue weighted by Gasteiger charge is 2.09. The van der Waals surface area contributed by atoms with Crippen molar-refractivity contribution in [3.05, 3.63) is 52.5 Å². The SMILES string of the molecule is COc1ccccc1OC(C)CNc1cc(Cl)ccc1Cl. The zero-order chi connectivity index (χ0) is 15.2. The van der Waals surface area contributed by atoms with Gasteiger partial charge in [-0.2, -0.15) is 0 Å². The number of benzene rings is 2. The van der Waals surface area contributed by atoms with Crippen molar-refractivity contribution in [1.29, 1.82) is 0 Å². The lowest BCUT2D eigenvalue weighted by molar-refractivity contribution is 0.223. The zero-order valence-corrected chi connectivity index (χ0v) is 13.4. The van der Waals surface area contributed by atoms with E-state index < -0.39 is 0 Å². The second-order valence-corrected chi connectivity index (χ2v) is 5.43. The molecule has 21 heavy (non-hydrogen) atoms. The Hall–Kier alpha value is -1.58. The standard InChI is InChI=1S/C16H17Cl2NO2/c1-11(21-16-6-4-3-5-15(16)20-2)10-19-14-9-12(17)7-8-13(14)18/h3-9,11,19H,10H2,1-2H3. The molecule has 2 aromatic carbocycles. The molecule has 0 amide bonds. The van der Waals surface area contributed by atoms with Gasteiger partial charge in [-0.05, 0) is 37.3 Å². The molecular weight excluding hydrogens is 309 g/mol. The topological polar surface area (TPSA) is 30.5 Å². The summed E-state index contributed by atoms with van der Waals surface area (Å²) in [4.78, 5) is 0. The van der Waals surface area contributed by atoms with Gasteiger partial charge in [0.1, 0.15) is 6.10 Å². The first-order valence-corrected chi connectivity index (χ1v) is 7.34. The number of nitrogens with one attached hydrogen (secondary N) is 1. The Morgan fingerprint density at radius 1 is 1.10 bits per heavy atom. The molecule has 112 valence electrons. The molecule has 0 aliphatic heterocycles. The molecule has 3 nitrogen and oxygen atoms in total. The monoisotopic (exact) mass is 325 g/mol. The minimum absolute atomic E-state index is 0.0589. The molecule has 0 radical (unpaired) electrons. The summed E-state index contributed by atoms with van der Waals surface area (Å²) in [6.07, 6.45) is -0.0589. The van der Waals surface area contributed by atoms with Gasteiger partial charge >= 0.3 is 0 Å². The van der Waals surface area contributed by atoms with E-state index >= 15 is 0 Å². The number of methoxy groups -OCH3 is 1. The van der Waals surface area contributed by atoms with Gasteiger partial charge in [0.25, 0.3) is 0 Å². The molecule has 0 aromatic heterocycles. The number of para-hydroxylation sites is 2. The third kappa shape index (κ3) is 4.45. The van der Waals surface area contributed by atoms with Gasteiger partial charge in [-0.15, -0.1) is 0 Å². The third-order valence-electron chi connectivity index (χ3n) is 2.91. The van der Waals surface area contributed by atoms with Gasteiger partial charge in [-0.1, -0.05) is 35.3 Å². The first-order chi connectivity index (χ1) is 10.1. The Morgan fingerprint density at radius 2 is 1.81 bits per heavy atom. The van der Waals surface area contributed by atoms with E-state index in [1.54, 1.807) is 25.3 Å². The fourth-order valence-corrected chi connectivity index (χ4v) is 2.22. The average Bonchev–Trinajstić information content (AvgIpc) is 2.49. The number of halogens is 2. The summed E-state index contributed by atoms with van der Waals surface area (Å²) < 4.78 is 11.1. The van der Waals surface area contributed by atoms with Crippen molar-refractivity contribution in [3.8, 4) is 11.5 Å². The molecule has 1 unspecified atom stereocenters. The minimum Gasteiger partial charge on any atom is -0.493 e. The first kappa shape index (κ1) is 15.8. The maximum atomic E-state index is 6.11. The van der Waals surface area contributed by atoms with Gasteiger partial charge in [0.15, 0.2) is 11.5 Å². The fraction of sp³-hybridized carbons (Fsp3) is 0.250. The van der Waals surface area contributed by atoms with E-state index in [1.807, 2.05) is 31.2 Å². The number of ether oxygens (including phenoxy) is 2. The molecule has 0 fully saturated rings. The summed E-state index contributed by atoms with van der Waals surface area (Å²) >= 11 is 12.1. The van der Waals surface area contributed by atoms with Crippen LogP contribution in [0.1, 0.15) is 6.92 Å². The highest BCUT2D eigenvalue weighted by atomic mass is 35.5. The zero-order valence-electron chi connectivity index (χ0n) is 11.9. The van der Waals surface area contributed by atoms with E-state index in [-0.39, 0.29) is 6.10 Å². The highest BCUT2D eigenvalue weighted by Crippen LogP contribution is 2.28. The molecule has 0 saturated heterocycles. The van der Waals surface area contributed by atoms with Crippen LogP contribution in [0.15, 0.2) is 42.5 Å². The summed E-state index contributed by atoms with van der Waals surface area (Å²) in [7, 11) is 1.62. The quantitative estimate of drug-likeness (QED) is 0.820. The van der Waals surface area contributed by atoms with E-state index in [1.165, 1.54) is 0 Å². The van der Waals surface area contributed by atoms with Gasteiger partial charge < -0.3 is 14.8 Å². The Labute approximate surface area is 134 Å². The molecule has 1 N–H and O–H groups in total. The smallest absolute Gasteiger partial charge is 0.161 e. The summed E-state index contributed by atoms with van der Waals surface area (Å²) in [5.74, 6) is 1.43. The highest BCUT2D eigenvalue weighted by molar-refractivity contribution is 6.35. The Morgan fingerprint density at radius 3 is 2.52 bits per heavy atom. The van der Waals surface area contributed by atoms with Crippen LogP contribution < -0.4 is 14.8 Å². The second-order valence-electron chi connectivity index (χ2n) is 4.58. The second kappa shape index (κ2) is 7.43. The lowest BCUT2D eigenvalue weighted by atomic mass is 10.3. The molecule has 2 rings (SSSR count). The summed E-state index contributed by atoms with van der Waals surface area (Å²) in [5, 5.41) is 4.50. The maximum absolute atomic E-state index is 6.11. The van der Waals surface area contributed by atoms with Gasteiger partial charge in [0.05, 0.1) is 24.4 Å². The normalized spacial score (nSPS) is 11.8. The van der Waals surface area contributed by atoms with Crippen molar-refractivity contribution < 1.29 is 9.47 Å². The van der Waals surface area contributed by atoms with Crippen LogP contribution in [0.3, 0.4) is 0 Å². The Balaban J connectivity index is 1.96. The van der Waals surface area contributed by atoms with Crippen molar-refractivity contribution in [2.24, 2.45) is 0 Å². The van der Waals surface area contributed by atoms with Crippen molar-refractivity contribution >= 4 is 28.9 Å². The first-order valence-electron chi connectivity index (χ1n) is 6.58. The van der Waals surface area contributed by atoms with E-state index in [0.717, 1.165) is 5.69 Å². The molecule has 0 bridgehead atoms. The van der Waals surface area contributed by atoms with Gasteiger partial charge in [0, 0.05) is 5.02 Å². The molecule has 0 heterocycles. The number of hydrogen-bond acceptors (Lipinski definition) is 3. The van der Waals surface area contributed by atoms with E-state index in [4.69, 9.17) is 32.7 Å². The van der Waals surface area contributed by atoms with Crippen molar-refractivity contribution in [2.45, 2.75) is 13.0 Å². The number of hydrogen-bond donors (Lipinski definition) is 1. The van der Waals surface area contributed by atoms with Crippen LogP contribution in [0.25, 0.3) is 0 Å². The Kier molecular flexibility index (Phi) is 5.59. The summed E-state index contributed by atoms with van der Waals surface area (Å²) in [5.41, 5.74) is 0.791.